The molecule has 118 valence electrons. The Hall–Kier alpha value is -1.51. The lowest BCUT2D eigenvalue weighted by Gasteiger charge is -2.23. The van der Waals surface area contributed by atoms with Crippen molar-refractivity contribution in [2.75, 3.05) is 6.54 Å². The fraction of sp³-hybridized carbons (Fsp3) is 0.462. The molecule has 0 radical (unpaired) electrons. The van der Waals surface area contributed by atoms with Crippen molar-refractivity contribution in [1.29, 1.82) is 0 Å². The van der Waals surface area contributed by atoms with E-state index in [-0.39, 0.29) is 12.1 Å². The smallest absolute Gasteiger partial charge is 0.335 e. The summed E-state index contributed by atoms with van der Waals surface area (Å²) in [7, 11) is -4.25. The minimum Gasteiger partial charge on any atom is -0.478 e. The van der Waals surface area contributed by atoms with Crippen molar-refractivity contribution in [2.24, 2.45) is 0 Å². The van der Waals surface area contributed by atoms with E-state index < -0.39 is 32.3 Å². The fourth-order valence-corrected chi connectivity index (χ4v) is 3.06. The molecule has 3 N–H and O–H groups in total. The van der Waals surface area contributed by atoms with E-state index in [0.29, 0.717) is 12.8 Å². The Morgan fingerprint density at radius 3 is 2.57 bits per heavy atom. The maximum Gasteiger partial charge on any atom is 0.335 e. The van der Waals surface area contributed by atoms with E-state index >= 15 is 0 Å². The molecule has 1 aromatic rings. The average Bonchev–Trinajstić information content (AvgIpc) is 2.36. The number of carboxylic acids is 1. The number of benzene rings is 1. The molecule has 0 aliphatic carbocycles. The van der Waals surface area contributed by atoms with Crippen LogP contribution >= 0.6 is 0 Å². The molecule has 0 saturated heterocycles. The zero-order valence-electron chi connectivity index (χ0n) is 11.8. The molecule has 1 unspecified atom stereocenters. The summed E-state index contributed by atoms with van der Waals surface area (Å²) >= 11 is 0. The number of carbonyl (C=O) groups is 1. The first-order valence-electron chi connectivity index (χ1n) is 6.34. The third kappa shape index (κ3) is 4.76. The summed E-state index contributed by atoms with van der Waals surface area (Å²) in [6, 6.07) is 2.50. The molecule has 0 bridgehead atoms. The third-order valence-corrected chi connectivity index (χ3v) is 4.32. The van der Waals surface area contributed by atoms with E-state index in [1.807, 2.05) is 6.92 Å². The van der Waals surface area contributed by atoms with Crippen LogP contribution in [0.3, 0.4) is 0 Å². The van der Waals surface area contributed by atoms with Gasteiger partial charge in [-0.05, 0) is 31.5 Å². The molecule has 1 rings (SSSR count). The van der Waals surface area contributed by atoms with E-state index in [1.165, 1.54) is 6.92 Å². The highest BCUT2D eigenvalue weighted by Gasteiger charge is 2.26. The lowest BCUT2D eigenvalue weighted by Crippen LogP contribution is -2.40. The van der Waals surface area contributed by atoms with Gasteiger partial charge in [-0.3, -0.25) is 0 Å². The van der Waals surface area contributed by atoms with Crippen molar-refractivity contribution < 1.29 is 27.8 Å². The van der Waals surface area contributed by atoms with Gasteiger partial charge >= 0.3 is 5.97 Å². The second-order valence-corrected chi connectivity index (χ2v) is 6.76. The summed E-state index contributed by atoms with van der Waals surface area (Å²) in [6.45, 7) is 3.00. The second-order valence-electron chi connectivity index (χ2n) is 5.02. The zero-order chi connectivity index (χ0) is 16.3. The number of halogens is 1. The van der Waals surface area contributed by atoms with Crippen LogP contribution in [0, 0.1) is 5.82 Å². The van der Waals surface area contributed by atoms with Gasteiger partial charge in [-0.1, -0.05) is 13.3 Å². The Morgan fingerprint density at radius 2 is 2.05 bits per heavy atom. The van der Waals surface area contributed by atoms with E-state index in [2.05, 4.69) is 4.72 Å². The molecule has 0 aliphatic rings. The predicted molar refractivity (Wildman–Crippen MR) is 74.1 cm³/mol. The molecule has 0 saturated carbocycles. The van der Waals surface area contributed by atoms with Crippen LogP contribution in [0.2, 0.25) is 0 Å². The quantitative estimate of drug-likeness (QED) is 0.704. The molecule has 0 aliphatic heterocycles. The average molecular weight is 319 g/mol. The molecule has 0 spiro atoms. The lowest BCUT2D eigenvalue weighted by atomic mass is 10.0. The van der Waals surface area contributed by atoms with Crippen molar-refractivity contribution >= 4 is 16.0 Å². The largest absolute Gasteiger partial charge is 0.478 e. The summed E-state index contributed by atoms with van der Waals surface area (Å²) in [5, 5.41) is 18.7. The van der Waals surface area contributed by atoms with Gasteiger partial charge in [-0.25, -0.2) is 22.3 Å². The molecule has 6 nitrogen and oxygen atoms in total. The molecule has 1 aromatic carbocycles. The second kappa shape index (κ2) is 6.50. The first kappa shape index (κ1) is 17.5. The van der Waals surface area contributed by atoms with Gasteiger partial charge in [-0.2, -0.15) is 0 Å². The van der Waals surface area contributed by atoms with Crippen molar-refractivity contribution in [3.05, 3.63) is 29.6 Å². The van der Waals surface area contributed by atoms with Gasteiger partial charge in [-0.15, -0.1) is 0 Å². The molecular formula is C13H18FNO5S. The summed E-state index contributed by atoms with van der Waals surface area (Å²) in [4.78, 5) is 10.1. The Morgan fingerprint density at radius 1 is 1.43 bits per heavy atom. The molecule has 0 fully saturated rings. The minimum absolute atomic E-state index is 0.292. The van der Waals surface area contributed by atoms with E-state index in [1.54, 1.807) is 0 Å². The Labute approximate surface area is 122 Å². The highest BCUT2D eigenvalue weighted by molar-refractivity contribution is 7.89. The Bertz CT molecular complexity index is 627. The maximum atomic E-state index is 13.6. The molecule has 1 atom stereocenters. The topological polar surface area (TPSA) is 104 Å². The highest BCUT2D eigenvalue weighted by atomic mass is 32.2. The number of hydrogen-bond acceptors (Lipinski definition) is 4. The van der Waals surface area contributed by atoms with Crippen molar-refractivity contribution in [1.82, 2.24) is 4.72 Å². The molecule has 0 amide bonds. The monoisotopic (exact) mass is 319 g/mol. The molecule has 8 heteroatoms. The lowest BCUT2D eigenvalue weighted by molar-refractivity contribution is 0.0554. The van der Waals surface area contributed by atoms with Gasteiger partial charge in [0.25, 0.3) is 0 Å². The van der Waals surface area contributed by atoms with Gasteiger partial charge in [0, 0.05) is 6.54 Å². The van der Waals surface area contributed by atoms with Gasteiger partial charge < -0.3 is 10.2 Å². The summed E-state index contributed by atoms with van der Waals surface area (Å²) in [6.07, 6.45) is 1.02. The molecular weight excluding hydrogens is 301 g/mol. The van der Waals surface area contributed by atoms with Crippen molar-refractivity contribution in [3.8, 4) is 0 Å². The van der Waals surface area contributed by atoms with Gasteiger partial charge in [0.2, 0.25) is 10.0 Å². The molecule has 0 aromatic heterocycles. The van der Waals surface area contributed by atoms with Crippen LogP contribution < -0.4 is 4.72 Å². The maximum absolute atomic E-state index is 13.6. The van der Waals surface area contributed by atoms with E-state index in [9.17, 15) is 22.7 Å². The molecule has 0 heterocycles. The van der Waals surface area contributed by atoms with Crippen LogP contribution in [-0.2, 0) is 10.0 Å². The Kier molecular flexibility index (Phi) is 5.43. The van der Waals surface area contributed by atoms with Crippen molar-refractivity contribution in [2.45, 2.75) is 37.2 Å². The number of aromatic carboxylic acids is 1. The number of aliphatic hydroxyl groups is 1. The number of carboxylic acid groups (broad SMARTS) is 1. The standard InChI is InChI=1S/C13H18FNO5S/c1-3-6-13(2,18)8-15-21(19,20)11-7-9(12(16)17)4-5-10(11)14/h4-5,7,15,18H,3,6,8H2,1-2H3,(H,16,17). The third-order valence-electron chi connectivity index (χ3n) is 2.90. The summed E-state index contributed by atoms with van der Waals surface area (Å²) in [5.74, 6) is -2.41. The van der Waals surface area contributed by atoms with Crippen LogP contribution in [0.25, 0.3) is 0 Å². The van der Waals surface area contributed by atoms with Crippen LogP contribution in [-0.4, -0.2) is 36.7 Å². The molecule has 21 heavy (non-hydrogen) atoms. The predicted octanol–water partition coefficient (Wildman–Crippen LogP) is 1.35. The minimum atomic E-state index is -4.25. The van der Waals surface area contributed by atoms with Crippen LogP contribution in [0.4, 0.5) is 4.39 Å². The van der Waals surface area contributed by atoms with E-state index in [0.717, 1.165) is 18.2 Å². The van der Waals surface area contributed by atoms with Crippen LogP contribution in [0.5, 0.6) is 0 Å². The van der Waals surface area contributed by atoms with Crippen LogP contribution in [0.15, 0.2) is 23.1 Å². The van der Waals surface area contributed by atoms with Crippen molar-refractivity contribution in [3.63, 3.8) is 0 Å². The number of rotatable bonds is 7. The summed E-state index contributed by atoms with van der Waals surface area (Å²) in [5.41, 5.74) is -1.60. The number of nitrogens with one attached hydrogen (secondary N) is 1. The highest BCUT2D eigenvalue weighted by Crippen LogP contribution is 2.18. The number of sulfonamides is 1. The Balaban J connectivity index is 3.03. The van der Waals surface area contributed by atoms with Gasteiger partial charge in [0.15, 0.2) is 0 Å². The zero-order valence-corrected chi connectivity index (χ0v) is 12.6. The normalized spacial score (nSPS) is 14.7. The van der Waals surface area contributed by atoms with Gasteiger partial charge in [0.05, 0.1) is 11.2 Å². The van der Waals surface area contributed by atoms with Crippen LogP contribution in [0.1, 0.15) is 37.0 Å². The first-order valence-corrected chi connectivity index (χ1v) is 7.82. The first-order chi connectivity index (χ1) is 9.59. The number of hydrogen-bond donors (Lipinski definition) is 3. The van der Waals surface area contributed by atoms with E-state index in [4.69, 9.17) is 5.11 Å². The van der Waals surface area contributed by atoms with Gasteiger partial charge in [0.1, 0.15) is 10.7 Å². The SMILES string of the molecule is CCCC(C)(O)CNS(=O)(=O)c1cc(C(=O)O)ccc1F. The fourth-order valence-electron chi connectivity index (χ4n) is 1.80. The summed E-state index contributed by atoms with van der Waals surface area (Å²) < 4.78 is 39.8.